The van der Waals surface area contributed by atoms with Crippen molar-refractivity contribution in [2.45, 2.75) is 24.9 Å². The van der Waals surface area contributed by atoms with Crippen LogP contribution in [0.25, 0.3) is 10.9 Å². The molecular formula is C22H27N3O. The number of β-amino-alcohol motifs (C(OH)–C–C–N with tert-alkyl or cyclic N) is 1. The van der Waals surface area contributed by atoms with Crippen LogP contribution in [0, 0.1) is 0 Å². The number of H-pyrrole nitrogens is 1. The van der Waals surface area contributed by atoms with Crippen molar-refractivity contribution in [2.24, 2.45) is 0 Å². The van der Waals surface area contributed by atoms with Gasteiger partial charge in [-0.1, -0.05) is 36.4 Å². The summed E-state index contributed by atoms with van der Waals surface area (Å²) in [6.07, 6.45) is 4.14. The number of hydrogen-bond donors (Lipinski definition) is 3. The standard InChI is InChI=1S/C22H27N3O/c26-19(14-23-18-6-2-1-3-7-18)16-25-12-10-17(11-13-25)21-15-24-22-9-5-4-8-20(21)22/h1-9,15,17,19,23-24,26H,10-14,16H2. The Morgan fingerprint density at radius 3 is 2.58 bits per heavy atom. The third kappa shape index (κ3) is 3.92. The molecular weight excluding hydrogens is 322 g/mol. The van der Waals surface area contributed by atoms with Gasteiger partial charge in [-0.05, 0) is 55.6 Å². The van der Waals surface area contributed by atoms with Gasteiger partial charge in [0.1, 0.15) is 0 Å². The maximum Gasteiger partial charge on any atom is 0.0839 e. The Balaban J connectivity index is 1.27. The van der Waals surface area contributed by atoms with E-state index in [0.29, 0.717) is 12.5 Å². The first kappa shape index (κ1) is 17.1. The normalized spacial score (nSPS) is 17.4. The number of benzene rings is 2. The summed E-state index contributed by atoms with van der Waals surface area (Å²) in [5.74, 6) is 0.613. The van der Waals surface area contributed by atoms with E-state index >= 15 is 0 Å². The molecule has 0 radical (unpaired) electrons. The molecule has 1 aromatic heterocycles. The van der Waals surface area contributed by atoms with E-state index in [1.165, 1.54) is 16.5 Å². The highest BCUT2D eigenvalue weighted by Gasteiger charge is 2.23. The molecule has 1 fully saturated rings. The molecule has 26 heavy (non-hydrogen) atoms. The monoisotopic (exact) mass is 349 g/mol. The zero-order chi connectivity index (χ0) is 17.8. The van der Waals surface area contributed by atoms with E-state index in [1.807, 2.05) is 30.3 Å². The molecule has 0 spiro atoms. The molecule has 1 atom stereocenters. The van der Waals surface area contributed by atoms with Gasteiger partial charge in [-0.3, -0.25) is 0 Å². The van der Waals surface area contributed by atoms with Gasteiger partial charge in [-0.15, -0.1) is 0 Å². The van der Waals surface area contributed by atoms with Crippen LogP contribution in [-0.2, 0) is 0 Å². The molecule has 2 heterocycles. The van der Waals surface area contributed by atoms with Crippen LogP contribution in [0.1, 0.15) is 24.3 Å². The summed E-state index contributed by atoms with van der Waals surface area (Å²) in [6.45, 7) is 3.42. The molecule has 4 nitrogen and oxygen atoms in total. The summed E-state index contributed by atoms with van der Waals surface area (Å²) in [5, 5.41) is 15.0. The molecule has 4 rings (SSSR count). The van der Waals surface area contributed by atoms with Crippen LogP contribution >= 0.6 is 0 Å². The molecule has 3 N–H and O–H groups in total. The number of aromatic nitrogens is 1. The average Bonchev–Trinajstić information content (AvgIpc) is 3.12. The van der Waals surface area contributed by atoms with Crippen LogP contribution in [0.2, 0.25) is 0 Å². The maximum atomic E-state index is 10.3. The molecule has 136 valence electrons. The van der Waals surface area contributed by atoms with Crippen molar-refractivity contribution in [1.29, 1.82) is 0 Å². The van der Waals surface area contributed by atoms with Crippen molar-refractivity contribution in [1.82, 2.24) is 9.88 Å². The van der Waals surface area contributed by atoms with Crippen LogP contribution < -0.4 is 5.32 Å². The fourth-order valence-electron chi connectivity index (χ4n) is 4.01. The molecule has 1 aliphatic rings. The van der Waals surface area contributed by atoms with Crippen LogP contribution in [0.3, 0.4) is 0 Å². The van der Waals surface area contributed by atoms with Gasteiger partial charge < -0.3 is 20.3 Å². The van der Waals surface area contributed by atoms with Crippen LogP contribution in [-0.4, -0.2) is 47.3 Å². The Bertz CT molecular complexity index is 822. The number of rotatable bonds is 6. The number of nitrogens with zero attached hydrogens (tertiary/aromatic N) is 1. The Labute approximate surface area is 154 Å². The Kier molecular flexibility index (Phi) is 5.23. The fraction of sp³-hybridized carbons (Fsp3) is 0.364. The lowest BCUT2D eigenvalue weighted by Gasteiger charge is -2.33. The van der Waals surface area contributed by atoms with Crippen molar-refractivity contribution in [2.75, 3.05) is 31.5 Å². The number of anilines is 1. The SMILES string of the molecule is OC(CNc1ccccc1)CN1CCC(c2c[nH]c3ccccc23)CC1. The van der Waals surface area contributed by atoms with Gasteiger partial charge in [0.15, 0.2) is 0 Å². The van der Waals surface area contributed by atoms with Gasteiger partial charge in [-0.2, -0.15) is 0 Å². The minimum absolute atomic E-state index is 0.347. The summed E-state index contributed by atoms with van der Waals surface area (Å²) in [6, 6.07) is 18.6. The summed E-state index contributed by atoms with van der Waals surface area (Å²) in [5.41, 5.74) is 3.74. The Morgan fingerprint density at radius 1 is 1.04 bits per heavy atom. The van der Waals surface area contributed by atoms with E-state index in [-0.39, 0.29) is 6.10 Å². The number of aromatic amines is 1. The third-order valence-electron chi connectivity index (χ3n) is 5.43. The first-order valence-electron chi connectivity index (χ1n) is 9.55. The van der Waals surface area contributed by atoms with Crippen molar-refractivity contribution in [3.05, 3.63) is 66.4 Å². The lowest BCUT2D eigenvalue weighted by Crippen LogP contribution is -2.40. The largest absolute Gasteiger partial charge is 0.390 e. The Hall–Kier alpha value is -2.30. The van der Waals surface area contributed by atoms with Gasteiger partial charge in [-0.25, -0.2) is 0 Å². The predicted molar refractivity (Wildman–Crippen MR) is 108 cm³/mol. The van der Waals surface area contributed by atoms with Gasteiger partial charge >= 0.3 is 0 Å². The van der Waals surface area contributed by atoms with Crippen LogP contribution in [0.15, 0.2) is 60.8 Å². The number of fused-ring (bicyclic) bond motifs is 1. The second-order valence-corrected chi connectivity index (χ2v) is 7.27. The summed E-state index contributed by atoms with van der Waals surface area (Å²) in [4.78, 5) is 5.79. The maximum absolute atomic E-state index is 10.3. The summed E-state index contributed by atoms with van der Waals surface area (Å²) < 4.78 is 0. The number of aliphatic hydroxyl groups is 1. The van der Waals surface area contributed by atoms with Crippen LogP contribution in [0.4, 0.5) is 5.69 Å². The van der Waals surface area contributed by atoms with Crippen molar-refractivity contribution >= 4 is 16.6 Å². The van der Waals surface area contributed by atoms with Crippen molar-refractivity contribution in [3.63, 3.8) is 0 Å². The van der Waals surface area contributed by atoms with Crippen LogP contribution in [0.5, 0.6) is 0 Å². The molecule has 1 saturated heterocycles. The first-order valence-corrected chi connectivity index (χ1v) is 9.55. The molecule has 1 aliphatic heterocycles. The Morgan fingerprint density at radius 2 is 1.77 bits per heavy atom. The number of para-hydroxylation sites is 2. The van der Waals surface area contributed by atoms with E-state index in [1.54, 1.807) is 0 Å². The topological polar surface area (TPSA) is 51.3 Å². The molecule has 0 aliphatic carbocycles. The first-order chi connectivity index (χ1) is 12.8. The number of piperidine rings is 1. The average molecular weight is 349 g/mol. The number of hydrogen-bond acceptors (Lipinski definition) is 3. The van der Waals surface area contributed by atoms with E-state index in [0.717, 1.165) is 38.2 Å². The summed E-state index contributed by atoms with van der Waals surface area (Å²) >= 11 is 0. The quantitative estimate of drug-likeness (QED) is 0.634. The minimum atomic E-state index is -0.347. The molecule has 0 amide bonds. The zero-order valence-corrected chi connectivity index (χ0v) is 15.1. The molecule has 0 bridgehead atoms. The van der Waals surface area contributed by atoms with E-state index < -0.39 is 0 Å². The second kappa shape index (κ2) is 7.94. The number of likely N-dealkylation sites (tertiary alicyclic amines) is 1. The molecule has 4 heteroatoms. The van der Waals surface area contributed by atoms with E-state index in [9.17, 15) is 5.11 Å². The third-order valence-corrected chi connectivity index (χ3v) is 5.43. The molecule has 2 aromatic carbocycles. The highest BCUT2D eigenvalue weighted by Crippen LogP contribution is 2.33. The molecule has 0 saturated carbocycles. The fourth-order valence-corrected chi connectivity index (χ4v) is 4.01. The molecule has 1 unspecified atom stereocenters. The van der Waals surface area contributed by atoms with E-state index in [2.05, 4.69) is 45.7 Å². The van der Waals surface area contributed by atoms with Gasteiger partial charge in [0.2, 0.25) is 0 Å². The van der Waals surface area contributed by atoms with Crippen molar-refractivity contribution < 1.29 is 5.11 Å². The van der Waals surface area contributed by atoms with E-state index in [4.69, 9.17) is 0 Å². The lowest BCUT2D eigenvalue weighted by atomic mass is 9.89. The minimum Gasteiger partial charge on any atom is -0.390 e. The number of aliphatic hydroxyl groups excluding tert-OH is 1. The zero-order valence-electron chi connectivity index (χ0n) is 15.1. The smallest absolute Gasteiger partial charge is 0.0839 e. The lowest BCUT2D eigenvalue weighted by molar-refractivity contribution is 0.105. The van der Waals surface area contributed by atoms with Gasteiger partial charge in [0.05, 0.1) is 6.10 Å². The van der Waals surface area contributed by atoms with Crippen molar-refractivity contribution in [3.8, 4) is 0 Å². The van der Waals surface area contributed by atoms with Gasteiger partial charge in [0.25, 0.3) is 0 Å². The molecule has 3 aromatic rings. The second-order valence-electron chi connectivity index (χ2n) is 7.27. The predicted octanol–water partition coefficient (Wildman–Crippen LogP) is 3.82. The number of nitrogens with one attached hydrogen (secondary N) is 2. The highest BCUT2D eigenvalue weighted by atomic mass is 16.3. The highest BCUT2D eigenvalue weighted by molar-refractivity contribution is 5.83. The summed E-state index contributed by atoms with van der Waals surface area (Å²) in [7, 11) is 0. The van der Waals surface area contributed by atoms with Gasteiger partial charge in [0, 0.05) is 35.9 Å².